The minimum atomic E-state index is 0.455. The van der Waals surface area contributed by atoms with E-state index in [0.29, 0.717) is 6.79 Å². The molecule has 0 fully saturated rings. The van der Waals surface area contributed by atoms with Gasteiger partial charge in [0.15, 0.2) is 0 Å². The zero-order valence-electron chi connectivity index (χ0n) is 13.2. The van der Waals surface area contributed by atoms with E-state index in [-0.39, 0.29) is 0 Å². The van der Waals surface area contributed by atoms with Crippen LogP contribution in [0.2, 0.25) is 0 Å². The molecule has 0 atom stereocenters. The fourth-order valence-corrected chi connectivity index (χ4v) is 2.44. The molecule has 0 saturated heterocycles. The zero-order chi connectivity index (χ0) is 14.7. The first-order chi connectivity index (χ1) is 9.91. The van der Waals surface area contributed by atoms with Crippen molar-refractivity contribution in [2.24, 2.45) is 0 Å². The van der Waals surface area contributed by atoms with Crippen molar-refractivity contribution < 1.29 is 9.47 Å². The Kier molecular flexibility index (Phi) is 19.8. The predicted molar refractivity (Wildman–Crippen MR) is 96.6 cm³/mol. The summed E-state index contributed by atoms with van der Waals surface area (Å²) in [6, 6.07) is 0. The Labute approximate surface area is 139 Å². The van der Waals surface area contributed by atoms with Crippen LogP contribution in [-0.2, 0) is 9.47 Å². The second-order valence-corrected chi connectivity index (χ2v) is 6.23. The lowest BCUT2D eigenvalue weighted by molar-refractivity contribution is -0.0531. The topological polar surface area (TPSA) is 18.5 Å². The maximum absolute atomic E-state index is 5.43. The van der Waals surface area contributed by atoms with Crippen LogP contribution in [0.5, 0.6) is 0 Å². The highest BCUT2D eigenvalue weighted by atomic mass is 127. The Morgan fingerprint density at radius 2 is 1.45 bits per heavy atom. The molecule has 0 aliphatic carbocycles. The molecule has 0 amide bonds. The first kappa shape index (κ1) is 20.4. The maximum Gasteiger partial charge on any atom is 0.146 e. The summed E-state index contributed by atoms with van der Waals surface area (Å²) < 4.78 is 12.1. The largest absolute Gasteiger partial charge is 0.355 e. The van der Waals surface area contributed by atoms with Crippen molar-refractivity contribution in [1.82, 2.24) is 0 Å². The number of halogens is 1. The molecule has 0 aliphatic rings. The molecule has 0 aliphatic heterocycles. The summed E-state index contributed by atoms with van der Waals surface area (Å²) >= 11 is 2.45. The van der Waals surface area contributed by atoms with E-state index in [1.54, 1.807) is 0 Å². The van der Waals surface area contributed by atoms with Crippen LogP contribution in [0.15, 0.2) is 12.2 Å². The molecule has 0 radical (unpaired) electrons. The average Bonchev–Trinajstić information content (AvgIpc) is 2.47. The molecule has 0 heterocycles. The third-order valence-corrected chi connectivity index (χ3v) is 3.92. The number of alkyl halides is 1. The van der Waals surface area contributed by atoms with Gasteiger partial charge in [0.1, 0.15) is 6.79 Å². The van der Waals surface area contributed by atoms with Gasteiger partial charge >= 0.3 is 0 Å². The van der Waals surface area contributed by atoms with Crippen LogP contribution in [-0.4, -0.2) is 24.4 Å². The summed E-state index contributed by atoms with van der Waals surface area (Å²) in [6.07, 6.45) is 17.2. The second kappa shape index (κ2) is 19.4. The fourth-order valence-electron chi connectivity index (χ4n) is 1.90. The summed E-state index contributed by atoms with van der Waals surface area (Å²) in [5.41, 5.74) is 0. The van der Waals surface area contributed by atoms with Gasteiger partial charge in [0, 0.05) is 6.61 Å². The van der Waals surface area contributed by atoms with Crippen LogP contribution in [0.25, 0.3) is 0 Å². The van der Waals surface area contributed by atoms with Crippen LogP contribution in [0.3, 0.4) is 0 Å². The molecule has 0 unspecified atom stereocenters. The molecule has 0 aromatic heterocycles. The lowest BCUT2D eigenvalue weighted by Crippen LogP contribution is -2.02. The molecule has 0 saturated carbocycles. The van der Waals surface area contributed by atoms with Gasteiger partial charge in [-0.1, -0.05) is 73.8 Å². The van der Waals surface area contributed by atoms with Crippen molar-refractivity contribution >= 4 is 22.6 Å². The Hall–Kier alpha value is 0.390. The van der Waals surface area contributed by atoms with Crippen molar-refractivity contribution in [3.63, 3.8) is 0 Å². The quantitative estimate of drug-likeness (QED) is 0.107. The molecule has 0 aromatic carbocycles. The molecule has 0 bridgehead atoms. The van der Waals surface area contributed by atoms with Gasteiger partial charge in [-0.05, 0) is 36.5 Å². The Morgan fingerprint density at radius 3 is 2.25 bits per heavy atom. The SMILES string of the molecule is CCCCCCOCOCCC=CCCCCCCI. The van der Waals surface area contributed by atoms with Crippen molar-refractivity contribution in [2.75, 3.05) is 24.4 Å². The van der Waals surface area contributed by atoms with Gasteiger partial charge in [0.25, 0.3) is 0 Å². The highest BCUT2D eigenvalue weighted by molar-refractivity contribution is 14.1. The minimum Gasteiger partial charge on any atom is -0.355 e. The molecule has 20 heavy (non-hydrogen) atoms. The van der Waals surface area contributed by atoms with Crippen LogP contribution in [0.1, 0.15) is 71.1 Å². The summed E-state index contributed by atoms with van der Waals surface area (Å²) in [4.78, 5) is 0. The van der Waals surface area contributed by atoms with Gasteiger partial charge in [-0.3, -0.25) is 0 Å². The van der Waals surface area contributed by atoms with E-state index in [0.717, 1.165) is 26.1 Å². The van der Waals surface area contributed by atoms with Gasteiger partial charge in [0.2, 0.25) is 0 Å². The average molecular weight is 396 g/mol. The monoisotopic (exact) mass is 396 g/mol. The van der Waals surface area contributed by atoms with E-state index < -0.39 is 0 Å². The summed E-state index contributed by atoms with van der Waals surface area (Å²) in [6.45, 7) is 4.30. The van der Waals surface area contributed by atoms with Crippen LogP contribution in [0.4, 0.5) is 0 Å². The number of hydrogen-bond acceptors (Lipinski definition) is 2. The van der Waals surface area contributed by atoms with Gasteiger partial charge < -0.3 is 9.47 Å². The summed E-state index contributed by atoms with van der Waals surface area (Å²) in [7, 11) is 0. The fraction of sp³-hybridized carbons (Fsp3) is 0.882. The normalized spacial score (nSPS) is 11.5. The molecule has 0 rings (SSSR count). The predicted octanol–water partition coefficient (Wildman–Crippen LogP) is 5.89. The Balaban J connectivity index is 3.01. The minimum absolute atomic E-state index is 0.455. The van der Waals surface area contributed by atoms with Crippen LogP contribution in [0, 0.1) is 0 Å². The lowest BCUT2D eigenvalue weighted by Gasteiger charge is -2.04. The number of ether oxygens (including phenoxy) is 2. The maximum atomic E-state index is 5.43. The second-order valence-electron chi connectivity index (χ2n) is 5.15. The van der Waals surface area contributed by atoms with Gasteiger partial charge in [-0.15, -0.1) is 0 Å². The third-order valence-electron chi connectivity index (χ3n) is 3.16. The molecule has 0 N–H and O–H groups in total. The molecule has 2 nitrogen and oxygen atoms in total. The molecular weight excluding hydrogens is 363 g/mol. The van der Waals surface area contributed by atoms with Crippen LogP contribution >= 0.6 is 22.6 Å². The van der Waals surface area contributed by atoms with Crippen molar-refractivity contribution in [3.8, 4) is 0 Å². The van der Waals surface area contributed by atoms with E-state index in [4.69, 9.17) is 9.47 Å². The number of hydrogen-bond donors (Lipinski definition) is 0. The van der Waals surface area contributed by atoms with Crippen molar-refractivity contribution in [2.45, 2.75) is 71.1 Å². The Morgan fingerprint density at radius 1 is 0.750 bits per heavy atom. The van der Waals surface area contributed by atoms with Gasteiger partial charge in [-0.25, -0.2) is 0 Å². The first-order valence-corrected chi connectivity index (χ1v) is 9.80. The van der Waals surface area contributed by atoms with E-state index in [1.807, 2.05) is 0 Å². The Bertz CT molecular complexity index is 195. The number of rotatable bonds is 16. The number of unbranched alkanes of at least 4 members (excludes halogenated alkanes) is 7. The molecule has 120 valence electrons. The molecule has 0 aromatic rings. The smallest absolute Gasteiger partial charge is 0.146 e. The van der Waals surface area contributed by atoms with Gasteiger partial charge in [0.05, 0.1) is 6.61 Å². The van der Waals surface area contributed by atoms with E-state index in [9.17, 15) is 0 Å². The molecule has 3 heteroatoms. The molecule has 0 spiro atoms. The highest BCUT2D eigenvalue weighted by Crippen LogP contribution is 2.05. The first-order valence-electron chi connectivity index (χ1n) is 8.28. The lowest BCUT2D eigenvalue weighted by atomic mass is 10.1. The van der Waals surface area contributed by atoms with Crippen LogP contribution < -0.4 is 0 Å². The van der Waals surface area contributed by atoms with E-state index >= 15 is 0 Å². The summed E-state index contributed by atoms with van der Waals surface area (Å²) in [5, 5.41) is 0. The van der Waals surface area contributed by atoms with Crippen molar-refractivity contribution in [1.29, 1.82) is 0 Å². The number of allylic oxidation sites excluding steroid dienone is 1. The van der Waals surface area contributed by atoms with Gasteiger partial charge in [-0.2, -0.15) is 0 Å². The third kappa shape index (κ3) is 18.4. The molecular formula is C17H33IO2. The summed E-state index contributed by atoms with van der Waals surface area (Å²) in [5.74, 6) is 0. The van der Waals surface area contributed by atoms with E-state index in [1.165, 1.54) is 55.8 Å². The van der Waals surface area contributed by atoms with Crippen molar-refractivity contribution in [3.05, 3.63) is 12.2 Å². The van der Waals surface area contributed by atoms with E-state index in [2.05, 4.69) is 41.7 Å². The highest BCUT2D eigenvalue weighted by Gasteiger charge is 1.90. The standard InChI is InChI=1S/C17H33IO2/c1-2-3-4-12-15-19-17-20-16-13-10-8-6-5-7-9-11-14-18/h8,10H,2-7,9,11-17H2,1H3. The zero-order valence-corrected chi connectivity index (χ0v) is 15.4.